The minimum absolute atomic E-state index is 0.468. The van der Waals surface area contributed by atoms with E-state index in [2.05, 4.69) is 0 Å². The molecule has 0 N–H and O–H groups in total. The van der Waals surface area contributed by atoms with Crippen LogP contribution in [0.15, 0.2) is 11.6 Å². The topological polar surface area (TPSA) is 86.7 Å². The number of ether oxygens (including phenoxy) is 2. The summed E-state index contributed by atoms with van der Waals surface area (Å²) in [7, 11) is 0. The smallest absolute Gasteiger partial charge is 0.318 e. The second-order valence-electron chi connectivity index (χ2n) is 6.27. The molecule has 2 heterocycles. The van der Waals surface area contributed by atoms with Crippen LogP contribution in [-0.2, 0) is 28.7 Å². The number of esters is 4. The number of allylic oxidation sites excluding steroid dienone is 2. The molecule has 3 fully saturated rings. The van der Waals surface area contributed by atoms with Gasteiger partial charge in [0.1, 0.15) is 0 Å². The molecule has 1 saturated carbocycles. The third-order valence-electron chi connectivity index (χ3n) is 5.35. The molecule has 6 heteroatoms. The molecule has 0 unspecified atom stereocenters. The molecule has 0 spiro atoms. The minimum atomic E-state index is -0.888. The number of cyclic esters (lactones) is 4. The Bertz CT molecular complexity index is 588. The van der Waals surface area contributed by atoms with Crippen LogP contribution in [0.3, 0.4) is 0 Å². The van der Waals surface area contributed by atoms with Crippen LogP contribution in [0.4, 0.5) is 0 Å². The van der Waals surface area contributed by atoms with E-state index in [-0.39, 0.29) is 0 Å². The summed E-state index contributed by atoms with van der Waals surface area (Å²) < 4.78 is 9.53. The van der Waals surface area contributed by atoms with Crippen molar-refractivity contribution in [3.63, 3.8) is 0 Å². The summed E-state index contributed by atoms with van der Waals surface area (Å²) in [5, 5.41) is 0. The molecule has 2 aliphatic heterocycles. The average molecular weight is 276 g/mol. The van der Waals surface area contributed by atoms with Crippen molar-refractivity contribution in [2.75, 3.05) is 0 Å². The first kappa shape index (κ1) is 11.8. The maximum atomic E-state index is 12.0. The van der Waals surface area contributed by atoms with Gasteiger partial charge in [-0.25, -0.2) is 0 Å². The molecule has 0 amide bonds. The zero-order valence-electron chi connectivity index (χ0n) is 10.9. The monoisotopic (exact) mass is 276 g/mol. The molecule has 6 nitrogen and oxygen atoms in total. The molecule has 4 atom stereocenters. The normalized spacial score (nSPS) is 48.7. The molecule has 0 radical (unpaired) electrons. The van der Waals surface area contributed by atoms with E-state index < -0.39 is 58.9 Å². The largest absolute Gasteiger partial charge is 0.393 e. The van der Waals surface area contributed by atoms with Crippen LogP contribution in [0.25, 0.3) is 0 Å². The first-order valence-electron chi connectivity index (χ1n) is 6.56. The van der Waals surface area contributed by atoms with Crippen LogP contribution >= 0.6 is 0 Å². The first-order valence-corrected chi connectivity index (χ1v) is 6.56. The molecule has 0 aromatic heterocycles. The predicted molar refractivity (Wildman–Crippen MR) is 61.5 cm³/mol. The lowest BCUT2D eigenvalue weighted by molar-refractivity contribution is -0.154. The van der Waals surface area contributed by atoms with E-state index in [0.717, 1.165) is 5.57 Å². The lowest BCUT2D eigenvalue weighted by Crippen LogP contribution is -2.57. The van der Waals surface area contributed by atoms with Crippen LogP contribution in [0.2, 0.25) is 0 Å². The van der Waals surface area contributed by atoms with Crippen molar-refractivity contribution in [1.82, 2.24) is 0 Å². The maximum Gasteiger partial charge on any atom is 0.318 e. The quantitative estimate of drug-likeness (QED) is 0.357. The van der Waals surface area contributed by atoms with Crippen molar-refractivity contribution < 1.29 is 28.7 Å². The fourth-order valence-electron chi connectivity index (χ4n) is 4.77. The van der Waals surface area contributed by atoms with Crippen molar-refractivity contribution in [1.29, 1.82) is 0 Å². The molecule has 104 valence electrons. The van der Waals surface area contributed by atoms with Crippen LogP contribution in [0.5, 0.6) is 0 Å². The van der Waals surface area contributed by atoms with Crippen molar-refractivity contribution in [3.05, 3.63) is 11.6 Å². The summed E-state index contributed by atoms with van der Waals surface area (Å²) in [6.07, 6.45) is 1.85. The molecule has 5 rings (SSSR count). The van der Waals surface area contributed by atoms with E-state index in [4.69, 9.17) is 9.47 Å². The summed E-state index contributed by atoms with van der Waals surface area (Å²) in [4.78, 5) is 47.9. The van der Waals surface area contributed by atoms with Gasteiger partial charge in [0.25, 0.3) is 0 Å². The van der Waals surface area contributed by atoms with Gasteiger partial charge in [-0.15, -0.1) is 0 Å². The summed E-state index contributed by atoms with van der Waals surface area (Å²) in [5.74, 6) is -5.56. The lowest BCUT2D eigenvalue weighted by Gasteiger charge is -2.51. The van der Waals surface area contributed by atoms with Gasteiger partial charge in [-0.05, 0) is 6.92 Å². The van der Waals surface area contributed by atoms with E-state index in [1.165, 1.54) is 0 Å². The summed E-state index contributed by atoms with van der Waals surface area (Å²) in [5.41, 5.74) is -0.0333. The Labute approximate surface area is 114 Å². The fourth-order valence-corrected chi connectivity index (χ4v) is 4.77. The van der Waals surface area contributed by atoms with E-state index >= 15 is 0 Å². The van der Waals surface area contributed by atoms with Gasteiger partial charge in [-0.3, -0.25) is 19.2 Å². The van der Waals surface area contributed by atoms with E-state index in [1.54, 1.807) is 6.92 Å². The van der Waals surface area contributed by atoms with Crippen LogP contribution < -0.4 is 0 Å². The Morgan fingerprint density at radius 3 is 1.75 bits per heavy atom. The van der Waals surface area contributed by atoms with Gasteiger partial charge < -0.3 is 9.47 Å². The number of carbonyl (C=O) groups excluding carboxylic acids is 4. The molecule has 3 aliphatic carbocycles. The van der Waals surface area contributed by atoms with E-state index in [1.807, 2.05) is 13.0 Å². The molecule has 0 aromatic carbocycles. The average Bonchev–Trinajstić information content (AvgIpc) is 2.80. The molecular weight excluding hydrogens is 264 g/mol. The highest BCUT2D eigenvalue weighted by Gasteiger charge is 2.73. The predicted octanol–water partition coefficient (Wildman–Crippen LogP) is 0.214. The zero-order valence-corrected chi connectivity index (χ0v) is 10.9. The standard InChI is InChI=1S/C14H12O6/c1-4-3-14(2)8-6(10(15)19-12(8)17)5(4)7-9(14)13(18)20-11(7)16/h3,5-9H,1-2H3/t5?,6-,7-,8+,9+,14?/m1/s1. The number of rotatable bonds is 0. The third kappa shape index (κ3) is 1.04. The summed E-state index contributed by atoms with van der Waals surface area (Å²) in [6.45, 7) is 3.56. The number of hydrogen-bond donors (Lipinski definition) is 0. The molecule has 5 aliphatic rings. The number of hydrogen-bond acceptors (Lipinski definition) is 6. The van der Waals surface area contributed by atoms with Crippen molar-refractivity contribution in [3.8, 4) is 0 Å². The van der Waals surface area contributed by atoms with Gasteiger partial charge in [0, 0.05) is 11.3 Å². The van der Waals surface area contributed by atoms with Gasteiger partial charge in [0.05, 0.1) is 23.7 Å². The van der Waals surface area contributed by atoms with Gasteiger partial charge in [-0.2, -0.15) is 0 Å². The fraction of sp³-hybridized carbons (Fsp3) is 0.571. The van der Waals surface area contributed by atoms with Crippen molar-refractivity contribution >= 4 is 23.9 Å². The Hall–Kier alpha value is -1.98. The summed E-state index contributed by atoms with van der Waals surface area (Å²) in [6, 6.07) is 0. The Morgan fingerprint density at radius 2 is 1.30 bits per heavy atom. The Morgan fingerprint density at radius 1 is 0.850 bits per heavy atom. The van der Waals surface area contributed by atoms with Gasteiger partial charge in [-0.1, -0.05) is 18.6 Å². The van der Waals surface area contributed by atoms with Gasteiger partial charge in [0.2, 0.25) is 0 Å². The first-order chi connectivity index (χ1) is 9.36. The summed E-state index contributed by atoms with van der Waals surface area (Å²) >= 11 is 0. The zero-order chi connectivity index (χ0) is 14.4. The van der Waals surface area contributed by atoms with Crippen molar-refractivity contribution in [2.45, 2.75) is 13.8 Å². The molecular formula is C14H12O6. The van der Waals surface area contributed by atoms with Crippen LogP contribution in [-0.4, -0.2) is 23.9 Å². The Balaban J connectivity index is 1.98. The number of carbonyl (C=O) groups is 4. The lowest BCUT2D eigenvalue weighted by atomic mass is 9.46. The highest BCUT2D eigenvalue weighted by atomic mass is 16.6. The highest BCUT2D eigenvalue weighted by molar-refractivity contribution is 6.03. The van der Waals surface area contributed by atoms with Crippen LogP contribution in [0, 0.1) is 35.0 Å². The SMILES string of the molecule is CC1=CC2(C)[C@@H]3C(=O)OC(=O)[C@@H]3C1[C@H]1C(=O)OC(=O)[C@H]12. The highest BCUT2D eigenvalue weighted by Crippen LogP contribution is 2.64. The van der Waals surface area contributed by atoms with Crippen LogP contribution in [0.1, 0.15) is 13.8 Å². The van der Waals surface area contributed by atoms with E-state index in [9.17, 15) is 19.2 Å². The molecule has 2 bridgehead atoms. The second-order valence-corrected chi connectivity index (χ2v) is 6.27. The second kappa shape index (κ2) is 3.19. The van der Waals surface area contributed by atoms with Gasteiger partial charge in [0.15, 0.2) is 0 Å². The maximum absolute atomic E-state index is 12.0. The van der Waals surface area contributed by atoms with Crippen molar-refractivity contribution in [2.24, 2.45) is 35.0 Å². The third-order valence-corrected chi connectivity index (χ3v) is 5.35. The molecule has 2 saturated heterocycles. The molecule has 20 heavy (non-hydrogen) atoms. The van der Waals surface area contributed by atoms with Gasteiger partial charge >= 0.3 is 23.9 Å². The molecule has 0 aromatic rings. The minimum Gasteiger partial charge on any atom is -0.393 e. The Kier molecular flexibility index (Phi) is 1.88. The van der Waals surface area contributed by atoms with E-state index in [0.29, 0.717) is 0 Å².